The van der Waals surface area contributed by atoms with Gasteiger partial charge in [0.15, 0.2) is 0 Å². The van der Waals surface area contributed by atoms with Crippen LogP contribution in [0.1, 0.15) is 32.3 Å². The molecule has 0 amide bonds. The van der Waals surface area contributed by atoms with Crippen molar-refractivity contribution in [2.45, 2.75) is 33.6 Å². The summed E-state index contributed by atoms with van der Waals surface area (Å²) in [6.07, 6.45) is 2.68. The van der Waals surface area contributed by atoms with Crippen LogP contribution in [0.4, 0.5) is 5.69 Å². The van der Waals surface area contributed by atoms with E-state index in [9.17, 15) is 0 Å². The van der Waals surface area contributed by atoms with Crippen molar-refractivity contribution in [1.82, 2.24) is 4.90 Å². The molecule has 2 nitrogen and oxygen atoms in total. The van der Waals surface area contributed by atoms with Crippen molar-refractivity contribution >= 4 is 5.69 Å². The fourth-order valence-corrected chi connectivity index (χ4v) is 2.98. The molecule has 1 saturated heterocycles. The van der Waals surface area contributed by atoms with Gasteiger partial charge in [-0.3, -0.25) is 0 Å². The van der Waals surface area contributed by atoms with Gasteiger partial charge in [0.25, 0.3) is 0 Å². The Morgan fingerprint density at radius 3 is 2.16 bits per heavy atom. The average molecular weight is 260 g/mol. The minimum atomic E-state index is 0.890. The summed E-state index contributed by atoms with van der Waals surface area (Å²) in [5.41, 5.74) is 2.74. The molecule has 0 N–H and O–H groups in total. The van der Waals surface area contributed by atoms with Gasteiger partial charge in [-0.2, -0.15) is 0 Å². The Kier molecular flexibility index (Phi) is 5.26. The van der Waals surface area contributed by atoms with Crippen LogP contribution in [-0.2, 0) is 0 Å². The molecule has 0 aliphatic carbocycles. The van der Waals surface area contributed by atoms with Crippen LogP contribution in [0.3, 0.4) is 0 Å². The molecule has 2 heteroatoms. The Balaban J connectivity index is 1.83. The maximum Gasteiger partial charge on any atom is 0.0366 e. The highest BCUT2D eigenvalue weighted by molar-refractivity contribution is 5.47. The topological polar surface area (TPSA) is 6.48 Å². The number of piperidine rings is 1. The van der Waals surface area contributed by atoms with E-state index in [-0.39, 0.29) is 0 Å². The van der Waals surface area contributed by atoms with Gasteiger partial charge < -0.3 is 9.80 Å². The van der Waals surface area contributed by atoms with Crippen molar-refractivity contribution in [1.29, 1.82) is 0 Å². The second kappa shape index (κ2) is 6.95. The number of benzene rings is 1. The van der Waals surface area contributed by atoms with Crippen LogP contribution in [-0.4, -0.2) is 37.6 Å². The fourth-order valence-electron chi connectivity index (χ4n) is 2.98. The Hall–Kier alpha value is -1.02. The van der Waals surface area contributed by atoms with Crippen LogP contribution >= 0.6 is 0 Å². The van der Waals surface area contributed by atoms with Gasteiger partial charge in [0.2, 0.25) is 0 Å². The van der Waals surface area contributed by atoms with Gasteiger partial charge in [-0.15, -0.1) is 0 Å². The molecule has 0 spiro atoms. The predicted molar refractivity (Wildman–Crippen MR) is 83.9 cm³/mol. The molecular formula is C17H28N2. The largest absolute Gasteiger partial charge is 0.372 e. The van der Waals surface area contributed by atoms with E-state index in [1.807, 2.05) is 0 Å². The number of nitrogens with zero attached hydrogens (tertiary/aromatic N) is 2. The first-order valence-electron chi connectivity index (χ1n) is 7.77. The molecule has 0 bridgehead atoms. The Bertz CT molecular complexity index is 359. The number of aryl methyl sites for hydroxylation is 1. The summed E-state index contributed by atoms with van der Waals surface area (Å²) in [5.74, 6) is 0.890. The minimum Gasteiger partial charge on any atom is -0.372 e. The predicted octanol–water partition coefficient (Wildman–Crippen LogP) is 3.55. The first-order valence-corrected chi connectivity index (χ1v) is 7.77. The summed E-state index contributed by atoms with van der Waals surface area (Å²) in [6, 6.07) is 8.97. The van der Waals surface area contributed by atoms with Gasteiger partial charge in [0, 0.05) is 25.3 Å². The Labute approximate surface area is 118 Å². The van der Waals surface area contributed by atoms with Crippen LogP contribution < -0.4 is 4.90 Å². The number of hydrogen-bond acceptors (Lipinski definition) is 2. The molecule has 0 unspecified atom stereocenters. The molecule has 0 radical (unpaired) electrons. The fraction of sp³-hybridized carbons (Fsp3) is 0.647. The van der Waals surface area contributed by atoms with Crippen LogP contribution in [0.25, 0.3) is 0 Å². The lowest BCUT2D eigenvalue weighted by Gasteiger charge is -2.35. The van der Waals surface area contributed by atoms with Crippen molar-refractivity contribution in [3.05, 3.63) is 29.8 Å². The van der Waals surface area contributed by atoms with E-state index in [0.717, 1.165) is 5.92 Å². The zero-order valence-corrected chi connectivity index (χ0v) is 12.7. The van der Waals surface area contributed by atoms with Gasteiger partial charge in [-0.05, 0) is 50.9 Å². The molecule has 1 aliphatic heterocycles. The minimum absolute atomic E-state index is 0.890. The first-order chi connectivity index (χ1) is 9.22. The maximum atomic E-state index is 2.56. The lowest BCUT2D eigenvalue weighted by Crippen LogP contribution is -2.38. The third-order valence-corrected chi connectivity index (χ3v) is 4.42. The Morgan fingerprint density at radius 2 is 1.63 bits per heavy atom. The van der Waals surface area contributed by atoms with Crippen LogP contribution in [0.2, 0.25) is 0 Å². The average Bonchev–Trinajstić information content (AvgIpc) is 2.46. The van der Waals surface area contributed by atoms with Gasteiger partial charge in [-0.25, -0.2) is 0 Å². The second-order valence-corrected chi connectivity index (χ2v) is 5.75. The molecule has 0 aromatic heterocycles. The van der Waals surface area contributed by atoms with Crippen molar-refractivity contribution < 1.29 is 0 Å². The van der Waals surface area contributed by atoms with Crippen LogP contribution in [0, 0.1) is 12.8 Å². The molecule has 2 rings (SSSR count). The molecule has 106 valence electrons. The first kappa shape index (κ1) is 14.4. The van der Waals surface area contributed by atoms with Crippen LogP contribution in [0.5, 0.6) is 0 Å². The molecule has 1 aromatic rings. The summed E-state index contributed by atoms with van der Waals surface area (Å²) in [6.45, 7) is 12.8. The molecular weight excluding hydrogens is 232 g/mol. The number of rotatable bonds is 5. The highest BCUT2D eigenvalue weighted by atomic mass is 15.1. The van der Waals surface area contributed by atoms with E-state index in [2.05, 4.69) is 54.8 Å². The van der Waals surface area contributed by atoms with E-state index in [1.54, 1.807) is 0 Å². The number of anilines is 1. The zero-order chi connectivity index (χ0) is 13.7. The summed E-state index contributed by atoms with van der Waals surface area (Å²) in [4.78, 5) is 5.10. The quantitative estimate of drug-likeness (QED) is 0.799. The molecule has 0 atom stereocenters. The zero-order valence-electron chi connectivity index (χ0n) is 12.7. The molecule has 19 heavy (non-hydrogen) atoms. The van der Waals surface area contributed by atoms with E-state index in [4.69, 9.17) is 0 Å². The summed E-state index contributed by atoms with van der Waals surface area (Å²) >= 11 is 0. The lowest BCUT2D eigenvalue weighted by molar-refractivity contribution is 0.229. The van der Waals surface area contributed by atoms with E-state index < -0.39 is 0 Å². The highest BCUT2D eigenvalue weighted by Gasteiger charge is 2.20. The molecule has 1 fully saturated rings. The monoisotopic (exact) mass is 260 g/mol. The summed E-state index contributed by atoms with van der Waals surface area (Å²) in [5, 5.41) is 0. The van der Waals surface area contributed by atoms with Gasteiger partial charge in [-0.1, -0.05) is 31.5 Å². The second-order valence-electron chi connectivity index (χ2n) is 5.75. The van der Waals surface area contributed by atoms with Crippen molar-refractivity contribution in [3.8, 4) is 0 Å². The van der Waals surface area contributed by atoms with Crippen molar-refractivity contribution in [3.63, 3.8) is 0 Å². The van der Waals surface area contributed by atoms with E-state index >= 15 is 0 Å². The van der Waals surface area contributed by atoms with Crippen LogP contribution in [0.15, 0.2) is 24.3 Å². The Morgan fingerprint density at radius 1 is 1.05 bits per heavy atom. The third-order valence-electron chi connectivity index (χ3n) is 4.42. The molecule has 1 heterocycles. The van der Waals surface area contributed by atoms with Crippen molar-refractivity contribution in [2.75, 3.05) is 37.6 Å². The highest BCUT2D eigenvalue weighted by Crippen LogP contribution is 2.24. The standard InChI is InChI=1S/C17H28N2/c1-4-18(5-2)14-16-10-12-19(13-11-16)17-8-6-15(3)7-9-17/h6-9,16H,4-5,10-14H2,1-3H3. The summed E-state index contributed by atoms with van der Waals surface area (Å²) < 4.78 is 0. The summed E-state index contributed by atoms with van der Waals surface area (Å²) in [7, 11) is 0. The van der Waals surface area contributed by atoms with Gasteiger partial charge in [0.05, 0.1) is 0 Å². The van der Waals surface area contributed by atoms with E-state index in [1.165, 1.54) is 56.8 Å². The SMILES string of the molecule is CCN(CC)CC1CCN(c2ccc(C)cc2)CC1. The molecule has 1 aliphatic rings. The molecule has 1 aromatic carbocycles. The van der Waals surface area contributed by atoms with Crippen molar-refractivity contribution in [2.24, 2.45) is 5.92 Å². The maximum absolute atomic E-state index is 2.56. The van der Waals surface area contributed by atoms with Gasteiger partial charge in [0.1, 0.15) is 0 Å². The number of hydrogen-bond donors (Lipinski definition) is 0. The third kappa shape index (κ3) is 3.97. The normalized spacial score (nSPS) is 17.2. The lowest BCUT2D eigenvalue weighted by atomic mass is 9.95. The van der Waals surface area contributed by atoms with Gasteiger partial charge >= 0.3 is 0 Å². The van der Waals surface area contributed by atoms with E-state index in [0.29, 0.717) is 0 Å². The molecule has 0 saturated carbocycles. The smallest absolute Gasteiger partial charge is 0.0366 e.